The molecule has 2 heterocycles. The van der Waals surface area contributed by atoms with Crippen molar-refractivity contribution in [1.82, 2.24) is 9.88 Å². The quantitative estimate of drug-likeness (QED) is 0.560. The maximum Gasteiger partial charge on any atom is 0.305 e. The van der Waals surface area contributed by atoms with E-state index in [1.165, 1.54) is 12.7 Å². The van der Waals surface area contributed by atoms with Crippen LogP contribution in [0, 0.1) is 12.8 Å². The van der Waals surface area contributed by atoms with Crippen molar-refractivity contribution < 1.29 is 18.7 Å². The number of aryl methyl sites for hydroxylation is 1. The number of hydrogen-bond acceptors (Lipinski definition) is 5. The Balaban J connectivity index is 1.51. The summed E-state index contributed by atoms with van der Waals surface area (Å²) in [4.78, 5) is 31.1. The van der Waals surface area contributed by atoms with E-state index in [0.717, 1.165) is 18.4 Å². The lowest BCUT2D eigenvalue weighted by atomic mass is 9.93. The minimum atomic E-state index is -0.191. The van der Waals surface area contributed by atoms with Gasteiger partial charge < -0.3 is 14.1 Å². The maximum absolute atomic E-state index is 13.3. The molecular weight excluding hydrogens is 392 g/mol. The predicted molar refractivity (Wildman–Crippen MR) is 117 cm³/mol. The molecule has 160 valence electrons. The van der Waals surface area contributed by atoms with Crippen LogP contribution in [0.25, 0.3) is 22.8 Å². The average Bonchev–Trinajstić information content (AvgIpc) is 3.29. The topological polar surface area (TPSA) is 72.6 Å². The van der Waals surface area contributed by atoms with Crippen LogP contribution in [0.4, 0.5) is 0 Å². The zero-order valence-electron chi connectivity index (χ0n) is 17.8. The maximum atomic E-state index is 13.3. The normalized spacial score (nSPS) is 14.5. The fourth-order valence-electron chi connectivity index (χ4n) is 3.94. The second kappa shape index (κ2) is 9.16. The first-order chi connectivity index (χ1) is 15.0. The van der Waals surface area contributed by atoms with Crippen molar-refractivity contribution in [1.29, 1.82) is 0 Å². The fourth-order valence-corrected chi connectivity index (χ4v) is 3.94. The number of ether oxygens (including phenoxy) is 1. The van der Waals surface area contributed by atoms with Crippen LogP contribution in [-0.2, 0) is 9.53 Å². The molecular formula is C25H26N2O4. The van der Waals surface area contributed by atoms with E-state index < -0.39 is 0 Å². The number of methoxy groups -OCH3 is 1. The number of amides is 1. The van der Waals surface area contributed by atoms with Gasteiger partial charge in [0.1, 0.15) is 0 Å². The molecule has 0 saturated carbocycles. The second-order valence-electron chi connectivity index (χ2n) is 7.96. The van der Waals surface area contributed by atoms with Crippen LogP contribution in [0.3, 0.4) is 0 Å². The molecule has 31 heavy (non-hydrogen) atoms. The number of carbonyl (C=O) groups excluding carboxylic acids is 2. The average molecular weight is 418 g/mol. The monoisotopic (exact) mass is 418 g/mol. The van der Waals surface area contributed by atoms with Crippen molar-refractivity contribution in [3.8, 4) is 22.8 Å². The number of hydrogen-bond donors (Lipinski definition) is 0. The zero-order valence-corrected chi connectivity index (χ0v) is 17.8. The molecule has 2 aromatic carbocycles. The number of likely N-dealkylation sites (tertiary alicyclic amines) is 1. The van der Waals surface area contributed by atoms with Gasteiger partial charge in [-0.05, 0) is 37.8 Å². The van der Waals surface area contributed by atoms with E-state index in [0.29, 0.717) is 42.3 Å². The lowest BCUT2D eigenvalue weighted by Crippen LogP contribution is -2.39. The summed E-state index contributed by atoms with van der Waals surface area (Å²) in [6.45, 7) is 3.28. The molecule has 1 aliphatic rings. The summed E-state index contributed by atoms with van der Waals surface area (Å²) in [5.74, 6) is 1.13. The Morgan fingerprint density at radius 3 is 2.52 bits per heavy atom. The Morgan fingerprint density at radius 1 is 1.10 bits per heavy atom. The summed E-state index contributed by atoms with van der Waals surface area (Å²) in [6.07, 6.45) is 3.69. The molecule has 0 radical (unpaired) electrons. The third-order valence-electron chi connectivity index (χ3n) is 5.81. The van der Waals surface area contributed by atoms with Gasteiger partial charge in [-0.1, -0.05) is 42.0 Å². The van der Waals surface area contributed by atoms with Crippen LogP contribution in [0.5, 0.6) is 0 Å². The van der Waals surface area contributed by atoms with Crippen LogP contribution >= 0.6 is 0 Å². The van der Waals surface area contributed by atoms with Crippen molar-refractivity contribution in [2.45, 2.75) is 26.2 Å². The van der Waals surface area contributed by atoms with Crippen molar-refractivity contribution in [3.05, 3.63) is 65.9 Å². The molecule has 0 aliphatic carbocycles. The molecule has 0 atom stereocenters. The molecule has 6 heteroatoms. The number of aromatic nitrogens is 1. The molecule has 0 bridgehead atoms. The van der Waals surface area contributed by atoms with E-state index in [1.54, 1.807) is 6.20 Å². The molecule has 0 unspecified atom stereocenters. The van der Waals surface area contributed by atoms with E-state index in [4.69, 9.17) is 9.15 Å². The second-order valence-corrected chi connectivity index (χ2v) is 7.96. The van der Waals surface area contributed by atoms with Crippen LogP contribution in [0.2, 0.25) is 0 Å². The molecule has 1 aliphatic heterocycles. The van der Waals surface area contributed by atoms with Crippen LogP contribution in [0.15, 0.2) is 59.1 Å². The highest BCUT2D eigenvalue weighted by molar-refractivity contribution is 6.00. The summed E-state index contributed by atoms with van der Waals surface area (Å²) in [7, 11) is 1.41. The predicted octanol–water partition coefficient (Wildman–Crippen LogP) is 4.73. The summed E-state index contributed by atoms with van der Waals surface area (Å²) in [5, 5.41) is 0. The third-order valence-corrected chi connectivity index (χ3v) is 5.81. The van der Waals surface area contributed by atoms with Gasteiger partial charge in [0.2, 0.25) is 5.89 Å². The molecule has 3 aromatic rings. The first-order valence-electron chi connectivity index (χ1n) is 10.5. The Bertz CT molecular complexity index is 1060. The zero-order chi connectivity index (χ0) is 21.8. The number of piperidine rings is 1. The Kier molecular flexibility index (Phi) is 6.16. The van der Waals surface area contributed by atoms with Crippen molar-refractivity contribution in [2.75, 3.05) is 20.2 Å². The minimum Gasteiger partial charge on any atom is -0.469 e. The van der Waals surface area contributed by atoms with Gasteiger partial charge in [-0.25, -0.2) is 4.98 Å². The number of oxazole rings is 1. The van der Waals surface area contributed by atoms with Crippen molar-refractivity contribution in [3.63, 3.8) is 0 Å². The molecule has 0 N–H and O–H groups in total. The summed E-state index contributed by atoms with van der Waals surface area (Å²) in [6, 6.07) is 15.5. The fraction of sp³-hybridized carbons (Fsp3) is 0.320. The summed E-state index contributed by atoms with van der Waals surface area (Å²) in [5.41, 5.74) is 3.38. The van der Waals surface area contributed by atoms with Gasteiger partial charge in [0.15, 0.2) is 5.76 Å². The van der Waals surface area contributed by atoms with Gasteiger partial charge in [0.25, 0.3) is 5.91 Å². The number of carbonyl (C=O) groups is 2. The highest BCUT2D eigenvalue weighted by Crippen LogP contribution is 2.30. The van der Waals surface area contributed by atoms with Gasteiger partial charge in [-0.2, -0.15) is 0 Å². The van der Waals surface area contributed by atoms with Gasteiger partial charge >= 0.3 is 5.97 Å². The number of benzene rings is 2. The van der Waals surface area contributed by atoms with E-state index in [9.17, 15) is 9.59 Å². The molecule has 1 fully saturated rings. The van der Waals surface area contributed by atoms with Crippen LogP contribution in [-0.4, -0.2) is 42.0 Å². The Labute approximate surface area is 181 Å². The highest BCUT2D eigenvalue weighted by atomic mass is 16.5. The summed E-state index contributed by atoms with van der Waals surface area (Å²) >= 11 is 0. The number of rotatable bonds is 5. The van der Waals surface area contributed by atoms with Crippen LogP contribution < -0.4 is 0 Å². The lowest BCUT2D eigenvalue weighted by molar-refractivity contribution is -0.142. The van der Waals surface area contributed by atoms with Crippen LogP contribution in [0.1, 0.15) is 35.2 Å². The molecule has 0 spiro atoms. The van der Waals surface area contributed by atoms with Crippen molar-refractivity contribution in [2.24, 2.45) is 5.92 Å². The van der Waals surface area contributed by atoms with Gasteiger partial charge in [-0.15, -0.1) is 0 Å². The molecule has 4 rings (SSSR count). The molecule has 1 aromatic heterocycles. The van der Waals surface area contributed by atoms with E-state index >= 15 is 0 Å². The first kappa shape index (κ1) is 20.8. The number of nitrogens with zero attached hydrogens (tertiary/aromatic N) is 2. The molecule has 1 saturated heterocycles. The SMILES string of the molecule is COC(=O)CC1CCN(C(=O)c2ccccc2-c2ncc(-c3ccc(C)cc3)o2)CC1. The summed E-state index contributed by atoms with van der Waals surface area (Å²) < 4.78 is 10.8. The third kappa shape index (κ3) is 4.68. The molecule has 1 amide bonds. The van der Waals surface area contributed by atoms with E-state index in [-0.39, 0.29) is 17.8 Å². The van der Waals surface area contributed by atoms with Gasteiger partial charge in [0.05, 0.1) is 18.9 Å². The standard InChI is InChI=1S/C25H26N2O4/c1-17-7-9-19(10-8-17)22-16-26-24(31-22)20-5-3-4-6-21(20)25(29)27-13-11-18(12-14-27)15-23(28)30-2/h3-10,16,18H,11-15H2,1-2H3. The van der Waals surface area contributed by atoms with Gasteiger partial charge in [0, 0.05) is 30.6 Å². The Hall–Kier alpha value is -3.41. The largest absolute Gasteiger partial charge is 0.469 e. The minimum absolute atomic E-state index is 0.0396. The lowest BCUT2D eigenvalue weighted by Gasteiger charge is -2.32. The van der Waals surface area contributed by atoms with E-state index in [2.05, 4.69) is 4.98 Å². The smallest absolute Gasteiger partial charge is 0.305 e. The van der Waals surface area contributed by atoms with E-state index in [1.807, 2.05) is 60.4 Å². The van der Waals surface area contributed by atoms with Gasteiger partial charge in [-0.3, -0.25) is 9.59 Å². The number of esters is 1. The first-order valence-corrected chi connectivity index (χ1v) is 10.5. The van der Waals surface area contributed by atoms with Crippen molar-refractivity contribution >= 4 is 11.9 Å². The Morgan fingerprint density at radius 2 is 1.81 bits per heavy atom. The highest BCUT2D eigenvalue weighted by Gasteiger charge is 2.27. The molecule has 6 nitrogen and oxygen atoms in total.